The van der Waals surface area contributed by atoms with Crippen LogP contribution in [0, 0.1) is 16.9 Å². The Hall–Kier alpha value is -3.92. The highest BCUT2D eigenvalue weighted by Gasteiger charge is 2.33. The van der Waals surface area contributed by atoms with Gasteiger partial charge in [-0.15, -0.1) is 0 Å². The molecule has 11 heteroatoms. The van der Waals surface area contributed by atoms with E-state index in [0.717, 1.165) is 18.3 Å². The van der Waals surface area contributed by atoms with Crippen LogP contribution in [0.5, 0.6) is 5.75 Å². The Labute approximate surface area is 232 Å². The number of ketones is 2. The molecule has 0 spiro atoms. The lowest BCUT2D eigenvalue weighted by Gasteiger charge is -2.25. The maximum Gasteiger partial charge on any atom is 0.387 e. The van der Waals surface area contributed by atoms with Crippen molar-refractivity contribution in [3.05, 3.63) is 87.6 Å². The van der Waals surface area contributed by atoms with Gasteiger partial charge in [-0.2, -0.15) is 13.5 Å². The second-order valence-corrected chi connectivity index (χ2v) is 10.1. The summed E-state index contributed by atoms with van der Waals surface area (Å²) in [7, 11) is 0. The van der Waals surface area contributed by atoms with Crippen LogP contribution in [-0.4, -0.2) is 29.3 Å². The maximum atomic E-state index is 14.9. The van der Waals surface area contributed by atoms with Gasteiger partial charge in [-0.3, -0.25) is 9.59 Å². The van der Waals surface area contributed by atoms with Gasteiger partial charge in [0.1, 0.15) is 17.5 Å². The molecule has 0 amide bonds. The largest absolute Gasteiger partial charge is 0.618 e. The van der Waals surface area contributed by atoms with E-state index in [1.54, 1.807) is 0 Å². The normalized spacial score (nSPS) is 14.8. The van der Waals surface area contributed by atoms with Crippen molar-refractivity contribution in [2.45, 2.75) is 51.1 Å². The van der Waals surface area contributed by atoms with E-state index in [1.807, 2.05) is 0 Å². The molecular formula is C29H25ClF3NO6. The van der Waals surface area contributed by atoms with E-state index in [1.165, 1.54) is 36.4 Å². The molecular weight excluding hydrogens is 551 g/mol. The lowest BCUT2D eigenvalue weighted by molar-refractivity contribution is -0.614. The van der Waals surface area contributed by atoms with Crippen molar-refractivity contribution in [1.29, 1.82) is 0 Å². The number of carbonyl (C=O) groups excluding carboxylic acids is 2. The lowest BCUT2D eigenvalue weighted by atomic mass is 9.79. The van der Waals surface area contributed by atoms with Crippen LogP contribution in [0.3, 0.4) is 0 Å². The van der Waals surface area contributed by atoms with E-state index in [4.69, 9.17) is 16.7 Å². The number of ether oxygens (including phenoxy) is 1. The van der Waals surface area contributed by atoms with Gasteiger partial charge in [-0.1, -0.05) is 23.7 Å². The lowest BCUT2D eigenvalue weighted by Crippen LogP contribution is -2.37. The van der Waals surface area contributed by atoms with Crippen molar-refractivity contribution in [2.75, 3.05) is 0 Å². The summed E-state index contributed by atoms with van der Waals surface area (Å²) in [5, 5.41) is 22.0. The molecule has 0 bridgehead atoms. The summed E-state index contributed by atoms with van der Waals surface area (Å²) in [5.41, 5.74) is 0.203. The monoisotopic (exact) mass is 575 g/mol. The number of aromatic nitrogens is 1. The molecule has 7 nitrogen and oxygen atoms in total. The number of hydrogen-bond acceptors (Lipinski definition) is 5. The maximum absolute atomic E-state index is 14.9. The number of hydrogen-bond donors (Lipinski definition) is 1. The quantitative estimate of drug-likeness (QED) is 0.230. The number of benzene rings is 2. The molecule has 1 unspecified atom stereocenters. The summed E-state index contributed by atoms with van der Waals surface area (Å²) in [5.74, 6) is -3.68. The number of pyridine rings is 1. The molecule has 4 rings (SSSR count). The molecule has 0 radical (unpaired) electrons. The number of aromatic carboxylic acids is 1. The molecule has 2 aromatic carbocycles. The Bertz CT molecular complexity index is 1420. The summed E-state index contributed by atoms with van der Waals surface area (Å²) < 4.78 is 45.6. The molecule has 1 aromatic heterocycles. The fraction of sp³-hybridized carbons (Fsp3) is 0.310. The van der Waals surface area contributed by atoms with E-state index >= 15 is 0 Å². The first-order valence-electron chi connectivity index (χ1n) is 12.6. The van der Waals surface area contributed by atoms with Crippen molar-refractivity contribution < 1.29 is 42.1 Å². The third kappa shape index (κ3) is 6.80. The van der Waals surface area contributed by atoms with Crippen LogP contribution >= 0.6 is 11.6 Å². The minimum absolute atomic E-state index is 0.0112. The standard InChI is InChI=1S/C29H25ClF3NO6/c30-22-10-12-25(40-29(32)33)26(27(22)31)19-7-11-23(34(39)15-19)21(13-16-3-8-20(35)9-4-16)24(36)14-17-1-5-18(6-2-17)28(37)38/h1-2,5-7,10-12,15-16,21,29H,3-4,8-9,13-14H2,(H,37,38). The van der Waals surface area contributed by atoms with Gasteiger partial charge in [0.2, 0.25) is 5.69 Å². The van der Waals surface area contributed by atoms with Gasteiger partial charge < -0.3 is 15.1 Å². The predicted molar refractivity (Wildman–Crippen MR) is 139 cm³/mol. The zero-order valence-corrected chi connectivity index (χ0v) is 21.9. The van der Waals surface area contributed by atoms with Crippen molar-refractivity contribution in [1.82, 2.24) is 0 Å². The van der Waals surface area contributed by atoms with Gasteiger partial charge in [0.05, 0.1) is 21.7 Å². The van der Waals surface area contributed by atoms with Gasteiger partial charge >= 0.3 is 12.6 Å². The summed E-state index contributed by atoms with van der Waals surface area (Å²) >= 11 is 5.85. The molecule has 1 aliphatic carbocycles. The van der Waals surface area contributed by atoms with Crippen LogP contribution in [0.2, 0.25) is 5.02 Å². The highest BCUT2D eigenvalue weighted by molar-refractivity contribution is 6.31. The zero-order valence-electron chi connectivity index (χ0n) is 21.1. The number of carboxylic acid groups (broad SMARTS) is 1. The Morgan fingerprint density at radius 3 is 2.35 bits per heavy atom. The second-order valence-electron chi connectivity index (χ2n) is 9.70. The van der Waals surface area contributed by atoms with Crippen LogP contribution in [0.25, 0.3) is 11.1 Å². The topological polar surface area (TPSA) is 108 Å². The van der Waals surface area contributed by atoms with Crippen LogP contribution in [0.4, 0.5) is 13.2 Å². The average Bonchev–Trinajstić information content (AvgIpc) is 2.91. The number of rotatable bonds is 10. The number of carbonyl (C=O) groups is 3. The fourth-order valence-corrected chi connectivity index (χ4v) is 5.14. The Morgan fingerprint density at radius 1 is 1.07 bits per heavy atom. The summed E-state index contributed by atoms with van der Waals surface area (Å²) in [6.45, 7) is -3.24. The van der Waals surface area contributed by atoms with E-state index in [-0.39, 0.29) is 45.7 Å². The van der Waals surface area contributed by atoms with E-state index in [9.17, 15) is 32.8 Å². The Morgan fingerprint density at radius 2 is 1.75 bits per heavy atom. The third-order valence-corrected chi connectivity index (χ3v) is 7.35. The molecule has 1 aliphatic rings. The predicted octanol–water partition coefficient (Wildman–Crippen LogP) is 6.12. The van der Waals surface area contributed by atoms with Gasteiger partial charge in [0.25, 0.3) is 0 Å². The third-order valence-electron chi connectivity index (χ3n) is 7.06. The second kappa shape index (κ2) is 12.5. The molecule has 210 valence electrons. The SMILES string of the molecule is O=C1CCC(CC(C(=O)Cc2ccc(C(=O)O)cc2)c2ccc(-c3c(OC(F)F)ccc(Cl)c3F)c[n+]2[O-])CC1. The number of alkyl halides is 2. The fourth-order valence-electron chi connectivity index (χ4n) is 4.98. The number of carboxylic acids is 1. The molecule has 1 saturated carbocycles. The van der Waals surface area contributed by atoms with E-state index in [0.29, 0.717) is 42.4 Å². The number of halogens is 4. The molecule has 1 N–H and O–H groups in total. The molecule has 1 atom stereocenters. The minimum atomic E-state index is -3.24. The zero-order chi connectivity index (χ0) is 29.0. The first kappa shape index (κ1) is 29.1. The molecule has 40 heavy (non-hydrogen) atoms. The minimum Gasteiger partial charge on any atom is -0.618 e. The van der Waals surface area contributed by atoms with Gasteiger partial charge in [0, 0.05) is 25.3 Å². The van der Waals surface area contributed by atoms with Crippen molar-refractivity contribution >= 4 is 29.1 Å². The summed E-state index contributed by atoms with van der Waals surface area (Å²) in [6.07, 6.45) is 3.14. The number of Topliss-reactive ketones (excluding diaryl/α,β-unsaturated/α-hetero) is 2. The van der Waals surface area contributed by atoms with Crippen LogP contribution in [0.1, 0.15) is 59.6 Å². The first-order valence-corrected chi connectivity index (χ1v) is 12.9. The van der Waals surface area contributed by atoms with Crippen LogP contribution < -0.4 is 9.47 Å². The molecule has 1 fully saturated rings. The highest BCUT2D eigenvalue weighted by Crippen LogP contribution is 2.38. The smallest absolute Gasteiger partial charge is 0.387 e. The van der Waals surface area contributed by atoms with Gasteiger partial charge in [-0.25, -0.2) is 9.18 Å². The molecule has 1 heterocycles. The van der Waals surface area contributed by atoms with Crippen molar-refractivity contribution in [3.63, 3.8) is 0 Å². The number of nitrogens with zero attached hydrogens (tertiary/aromatic N) is 1. The van der Waals surface area contributed by atoms with E-state index < -0.39 is 35.6 Å². The summed E-state index contributed by atoms with van der Waals surface area (Å²) in [4.78, 5) is 36.4. The highest BCUT2D eigenvalue weighted by atomic mass is 35.5. The van der Waals surface area contributed by atoms with Crippen LogP contribution in [-0.2, 0) is 16.0 Å². The molecule has 0 saturated heterocycles. The Kier molecular flexibility index (Phi) is 9.09. The van der Waals surface area contributed by atoms with Crippen molar-refractivity contribution in [2.24, 2.45) is 5.92 Å². The molecule has 3 aromatic rings. The summed E-state index contributed by atoms with van der Waals surface area (Å²) in [6, 6.07) is 10.6. The molecule has 0 aliphatic heterocycles. The average molecular weight is 576 g/mol. The van der Waals surface area contributed by atoms with Gasteiger partial charge in [-0.05, 0) is 61.1 Å². The van der Waals surface area contributed by atoms with Gasteiger partial charge in [0.15, 0.2) is 17.8 Å². The van der Waals surface area contributed by atoms with E-state index in [2.05, 4.69) is 4.74 Å². The van der Waals surface area contributed by atoms with Crippen LogP contribution in [0.15, 0.2) is 54.7 Å². The first-order chi connectivity index (χ1) is 19.0. The Balaban J connectivity index is 1.68. The van der Waals surface area contributed by atoms with Crippen molar-refractivity contribution in [3.8, 4) is 16.9 Å².